The Bertz CT molecular complexity index is 20.0. The van der Waals surface area contributed by atoms with Gasteiger partial charge in [-0.05, 0) is 0 Å². The molecular weight excluding hydrogens is 167 g/mol. The zero-order valence-electron chi connectivity index (χ0n) is 1.88. The van der Waals surface area contributed by atoms with E-state index in [2.05, 4.69) is 3.53 Å². The molecule has 0 aromatic heterocycles. The van der Waals surface area contributed by atoms with E-state index in [0.717, 1.165) is 0 Å². The zero-order chi connectivity index (χ0) is 3.41. The van der Waals surface area contributed by atoms with Crippen molar-refractivity contribution in [1.82, 2.24) is 3.53 Å². The summed E-state index contributed by atoms with van der Waals surface area (Å²) >= 11 is 1.80. The number of halogens is 1. The molecule has 0 unspecified atom stereocenters. The summed E-state index contributed by atoms with van der Waals surface area (Å²) in [4.78, 5) is 0. The molecule has 0 saturated carbocycles. The molecule has 0 spiro atoms. The van der Waals surface area contributed by atoms with Crippen molar-refractivity contribution in [3.05, 3.63) is 0 Å². The van der Waals surface area contributed by atoms with E-state index in [0.29, 0.717) is 0 Å². The highest BCUT2D eigenvalue weighted by Gasteiger charge is 1.44. The van der Waals surface area contributed by atoms with Crippen molar-refractivity contribution in [2.45, 2.75) is 0 Å². The molecule has 0 aliphatic carbocycles. The number of hydrogen-bond donors (Lipinski definition) is 2. The fourth-order valence-electron chi connectivity index (χ4n) is 0. The van der Waals surface area contributed by atoms with E-state index in [1.54, 1.807) is 22.9 Å². The fourth-order valence-corrected chi connectivity index (χ4v) is 0. The minimum Gasteiger partial charge on any atom is -0.310 e. The van der Waals surface area contributed by atoms with Crippen molar-refractivity contribution >= 4 is 29.2 Å². The van der Waals surface area contributed by atoms with Crippen LogP contribution in [0.2, 0.25) is 0 Å². The quantitative estimate of drug-likeness (QED) is 0.192. The van der Waals surface area contributed by atoms with Gasteiger partial charge in [0.25, 0.3) is 0 Å². The summed E-state index contributed by atoms with van der Waals surface area (Å²) < 4.78 is 2.32. The lowest BCUT2D eigenvalue weighted by molar-refractivity contribution is 1.49. The Kier molecular flexibility index (Phi) is 3.36. The summed E-state index contributed by atoms with van der Waals surface area (Å²) in [7, 11) is 0. The predicted molar refractivity (Wildman–Crippen MR) is 24.9 cm³/mol. The van der Waals surface area contributed by atoms with Gasteiger partial charge >= 0.3 is 0 Å². The molecule has 0 aliphatic rings. The second-order valence-electron chi connectivity index (χ2n) is 0.219. The maximum Gasteiger partial charge on any atom is 0.170 e. The van der Waals surface area contributed by atoms with Gasteiger partial charge in [-0.25, -0.2) is 0 Å². The van der Waals surface area contributed by atoms with Crippen LogP contribution < -0.4 is 3.53 Å². The maximum atomic E-state index is 6.08. The first-order valence-electron chi connectivity index (χ1n) is 0.689. The van der Waals surface area contributed by atoms with Gasteiger partial charge in [-0.1, -0.05) is 0 Å². The Labute approximate surface area is 38.6 Å². The summed E-state index contributed by atoms with van der Waals surface area (Å²) in [6.07, 6.45) is 1.92. The third-order valence-electron chi connectivity index (χ3n) is 0.0472. The molecule has 0 aliphatic heterocycles. The SMILES string of the molecule is N=[C]NI. The van der Waals surface area contributed by atoms with E-state index in [9.17, 15) is 0 Å². The molecule has 0 aromatic rings. The van der Waals surface area contributed by atoms with Crippen molar-refractivity contribution < 1.29 is 0 Å². The molecule has 2 nitrogen and oxygen atoms in total. The number of nitrogens with one attached hydrogen (secondary N) is 2. The summed E-state index contributed by atoms with van der Waals surface area (Å²) in [6.45, 7) is 0. The lowest BCUT2D eigenvalue weighted by atomic mass is 11.4. The van der Waals surface area contributed by atoms with Gasteiger partial charge in [-0.3, -0.25) is 5.41 Å². The van der Waals surface area contributed by atoms with Gasteiger partial charge < -0.3 is 3.53 Å². The highest BCUT2D eigenvalue weighted by atomic mass is 127. The van der Waals surface area contributed by atoms with E-state index in [1.807, 2.05) is 6.34 Å². The van der Waals surface area contributed by atoms with Crippen LogP contribution in [-0.2, 0) is 0 Å². The average Bonchev–Trinajstić information content (AvgIpc) is 1.37. The van der Waals surface area contributed by atoms with Gasteiger partial charge in [0.2, 0.25) is 0 Å². The molecule has 0 rings (SSSR count). The molecule has 23 valence electrons. The topological polar surface area (TPSA) is 35.9 Å². The summed E-state index contributed by atoms with van der Waals surface area (Å²) in [5.74, 6) is 0. The lowest BCUT2D eigenvalue weighted by Crippen LogP contribution is -1.84. The molecule has 0 fully saturated rings. The third kappa shape index (κ3) is 2.20. The molecular formula is CH2IN2. The zero-order valence-corrected chi connectivity index (χ0v) is 4.04. The van der Waals surface area contributed by atoms with Crippen LogP contribution in [0.3, 0.4) is 0 Å². The Hall–Kier alpha value is 0.200. The van der Waals surface area contributed by atoms with Crippen LogP contribution in [0.15, 0.2) is 0 Å². The van der Waals surface area contributed by atoms with Gasteiger partial charge in [-0.15, -0.1) is 0 Å². The number of hydrogen-bond acceptors (Lipinski definition) is 1. The standard InChI is InChI=1S/CH2IN2/c2-4-1-3/h(H2,3,4). The van der Waals surface area contributed by atoms with Gasteiger partial charge in [0, 0.05) is 0 Å². The van der Waals surface area contributed by atoms with E-state index < -0.39 is 0 Å². The van der Waals surface area contributed by atoms with Crippen LogP contribution in [0, 0.1) is 5.41 Å². The van der Waals surface area contributed by atoms with Crippen molar-refractivity contribution in [2.24, 2.45) is 0 Å². The van der Waals surface area contributed by atoms with Crippen LogP contribution >= 0.6 is 22.9 Å². The molecule has 1 radical (unpaired) electrons. The monoisotopic (exact) mass is 169 g/mol. The molecule has 0 heterocycles. The van der Waals surface area contributed by atoms with Crippen LogP contribution in [0.4, 0.5) is 0 Å². The van der Waals surface area contributed by atoms with Crippen LogP contribution in [0.1, 0.15) is 0 Å². The van der Waals surface area contributed by atoms with E-state index in [-0.39, 0.29) is 0 Å². The van der Waals surface area contributed by atoms with Gasteiger partial charge in [0.05, 0.1) is 22.9 Å². The molecule has 2 N–H and O–H groups in total. The van der Waals surface area contributed by atoms with Crippen LogP contribution in [-0.4, -0.2) is 6.34 Å². The minimum absolute atomic E-state index is 1.80. The lowest BCUT2D eigenvalue weighted by Gasteiger charge is -1.62. The van der Waals surface area contributed by atoms with Crippen molar-refractivity contribution in [3.63, 3.8) is 0 Å². The first kappa shape index (κ1) is 4.20. The second-order valence-corrected chi connectivity index (χ2v) is 0.759. The Morgan fingerprint density at radius 2 is 2.25 bits per heavy atom. The molecule has 0 bridgehead atoms. The van der Waals surface area contributed by atoms with Gasteiger partial charge in [0.1, 0.15) is 0 Å². The first-order chi connectivity index (χ1) is 1.91. The van der Waals surface area contributed by atoms with E-state index >= 15 is 0 Å². The Balaban J connectivity index is 2.30. The molecule has 0 aromatic carbocycles. The average molecular weight is 169 g/mol. The normalized spacial score (nSPS) is 5.25. The third-order valence-corrected chi connectivity index (χ3v) is 0.317. The largest absolute Gasteiger partial charge is 0.310 e. The summed E-state index contributed by atoms with van der Waals surface area (Å²) in [5, 5.41) is 6.08. The van der Waals surface area contributed by atoms with Crippen molar-refractivity contribution in [2.75, 3.05) is 0 Å². The smallest absolute Gasteiger partial charge is 0.170 e. The first-order valence-corrected chi connectivity index (χ1v) is 1.77. The molecule has 4 heavy (non-hydrogen) atoms. The highest BCUT2D eigenvalue weighted by molar-refractivity contribution is 14.1. The molecule has 3 heteroatoms. The van der Waals surface area contributed by atoms with E-state index in [4.69, 9.17) is 5.41 Å². The van der Waals surface area contributed by atoms with Crippen LogP contribution in [0.5, 0.6) is 0 Å². The van der Waals surface area contributed by atoms with E-state index in [1.165, 1.54) is 0 Å². The predicted octanol–water partition coefficient (Wildman–Crippen LogP) is 0.410. The summed E-state index contributed by atoms with van der Waals surface area (Å²) in [5.41, 5.74) is 0. The van der Waals surface area contributed by atoms with Gasteiger partial charge in [-0.2, -0.15) is 0 Å². The van der Waals surface area contributed by atoms with Crippen molar-refractivity contribution in [1.29, 1.82) is 5.41 Å². The number of rotatable bonds is 1. The summed E-state index contributed by atoms with van der Waals surface area (Å²) in [6, 6.07) is 0. The fraction of sp³-hybridized carbons (Fsp3) is 0. The van der Waals surface area contributed by atoms with Gasteiger partial charge in [0.15, 0.2) is 6.34 Å². The maximum absolute atomic E-state index is 6.08. The van der Waals surface area contributed by atoms with Crippen LogP contribution in [0.25, 0.3) is 0 Å². The molecule has 0 saturated heterocycles. The van der Waals surface area contributed by atoms with Crippen molar-refractivity contribution in [3.8, 4) is 0 Å². The second kappa shape index (κ2) is 3.20. The molecule has 0 amide bonds. The Morgan fingerprint density at radius 1 is 2.00 bits per heavy atom. The molecule has 0 atom stereocenters. The minimum atomic E-state index is 1.80. The highest BCUT2D eigenvalue weighted by Crippen LogP contribution is 1.53. The Morgan fingerprint density at radius 3 is 2.25 bits per heavy atom.